The Morgan fingerprint density at radius 2 is 1.71 bits per heavy atom. The van der Waals surface area contributed by atoms with Gasteiger partial charge in [0.15, 0.2) is 0 Å². The van der Waals surface area contributed by atoms with Gasteiger partial charge >= 0.3 is 8.56 Å². The summed E-state index contributed by atoms with van der Waals surface area (Å²) in [5.74, 6) is 0. The first kappa shape index (κ1) is 14.9. The van der Waals surface area contributed by atoms with Crippen LogP contribution < -0.4 is 5.19 Å². The lowest BCUT2D eigenvalue weighted by molar-refractivity contribution is 0.185. The lowest BCUT2D eigenvalue weighted by Gasteiger charge is -2.27. The Balaban J connectivity index is 2.87. The molecule has 0 saturated carbocycles. The quantitative estimate of drug-likeness (QED) is 0.716. The number of halogens is 1. The third-order valence-electron chi connectivity index (χ3n) is 2.51. The number of hydrogen-bond donors (Lipinski definition) is 0. The van der Waals surface area contributed by atoms with Crippen LogP contribution in [0.3, 0.4) is 0 Å². The molecule has 0 spiro atoms. The maximum absolute atomic E-state index is 6.02. The van der Waals surface area contributed by atoms with Crippen molar-refractivity contribution in [3.63, 3.8) is 0 Å². The van der Waals surface area contributed by atoms with Gasteiger partial charge in [0.05, 0.1) is 0 Å². The van der Waals surface area contributed by atoms with Crippen LogP contribution in [0.15, 0.2) is 28.7 Å². The highest BCUT2D eigenvalue weighted by molar-refractivity contribution is 9.10. The van der Waals surface area contributed by atoms with E-state index in [4.69, 9.17) is 8.85 Å². The summed E-state index contributed by atoms with van der Waals surface area (Å²) in [4.78, 5) is 0. The summed E-state index contributed by atoms with van der Waals surface area (Å²) in [6.07, 6.45) is 2.04. The van der Waals surface area contributed by atoms with Gasteiger partial charge in [-0.25, -0.2) is 0 Å². The summed E-state index contributed by atoms with van der Waals surface area (Å²) in [5.41, 5.74) is 0. The SMILES string of the molecule is CCCO[Si](C)(OCCC)c1cccc(Br)c1. The van der Waals surface area contributed by atoms with E-state index in [1.54, 1.807) is 0 Å². The third kappa shape index (κ3) is 4.54. The van der Waals surface area contributed by atoms with E-state index < -0.39 is 8.56 Å². The van der Waals surface area contributed by atoms with Gasteiger partial charge in [-0.3, -0.25) is 0 Å². The third-order valence-corrected chi connectivity index (χ3v) is 5.88. The molecule has 0 amide bonds. The van der Waals surface area contributed by atoms with Gasteiger partial charge in [0.1, 0.15) is 0 Å². The molecule has 0 aromatic heterocycles. The molecule has 4 heteroatoms. The molecule has 1 aromatic rings. The van der Waals surface area contributed by atoms with Crippen LogP contribution in [0.2, 0.25) is 6.55 Å². The minimum Gasteiger partial charge on any atom is -0.391 e. The normalized spacial score (nSPS) is 11.8. The van der Waals surface area contributed by atoms with Crippen LogP contribution in [0, 0.1) is 0 Å². The van der Waals surface area contributed by atoms with E-state index in [-0.39, 0.29) is 0 Å². The molecule has 1 rings (SSSR count). The molecule has 0 aliphatic heterocycles. The van der Waals surface area contributed by atoms with E-state index in [1.165, 1.54) is 5.19 Å². The van der Waals surface area contributed by atoms with Crippen LogP contribution in [0.5, 0.6) is 0 Å². The summed E-state index contributed by atoms with van der Waals surface area (Å²) >= 11 is 3.50. The maximum Gasteiger partial charge on any atom is 0.369 e. The molecule has 96 valence electrons. The van der Waals surface area contributed by atoms with Crippen molar-refractivity contribution < 1.29 is 8.85 Å². The standard InChI is InChI=1S/C13H21BrO2Si/c1-4-9-15-17(3,16-10-5-2)13-8-6-7-12(14)11-13/h6-8,11H,4-5,9-10H2,1-3H3. The van der Waals surface area contributed by atoms with Crippen molar-refractivity contribution in [3.05, 3.63) is 28.7 Å². The zero-order chi connectivity index (χ0) is 12.7. The molecule has 0 bridgehead atoms. The van der Waals surface area contributed by atoms with Gasteiger partial charge < -0.3 is 8.85 Å². The lowest BCUT2D eigenvalue weighted by atomic mass is 10.4. The van der Waals surface area contributed by atoms with Crippen LogP contribution in [0.25, 0.3) is 0 Å². The second-order valence-electron chi connectivity index (χ2n) is 4.15. The molecule has 0 unspecified atom stereocenters. The maximum atomic E-state index is 6.02. The number of benzene rings is 1. The van der Waals surface area contributed by atoms with Crippen molar-refractivity contribution >= 4 is 29.7 Å². The Morgan fingerprint density at radius 1 is 1.12 bits per heavy atom. The minimum atomic E-state index is -2.23. The van der Waals surface area contributed by atoms with Gasteiger partial charge in [-0.1, -0.05) is 41.9 Å². The molecular formula is C13H21BrO2Si. The van der Waals surface area contributed by atoms with Gasteiger partial charge in [0.2, 0.25) is 0 Å². The van der Waals surface area contributed by atoms with Crippen LogP contribution in [0.1, 0.15) is 26.7 Å². The molecule has 0 aliphatic rings. The summed E-state index contributed by atoms with van der Waals surface area (Å²) in [5, 5.41) is 1.19. The average Bonchev–Trinajstić information content (AvgIpc) is 2.34. The van der Waals surface area contributed by atoms with Gasteiger partial charge in [0.25, 0.3) is 0 Å². The van der Waals surface area contributed by atoms with Crippen molar-refractivity contribution in [1.29, 1.82) is 0 Å². The smallest absolute Gasteiger partial charge is 0.369 e. The van der Waals surface area contributed by atoms with E-state index >= 15 is 0 Å². The summed E-state index contributed by atoms with van der Waals surface area (Å²) in [6.45, 7) is 7.89. The lowest BCUT2D eigenvalue weighted by Crippen LogP contribution is -2.51. The number of rotatable bonds is 7. The molecule has 17 heavy (non-hydrogen) atoms. The van der Waals surface area contributed by atoms with E-state index in [0.29, 0.717) is 0 Å². The Kier molecular flexibility index (Phi) is 6.41. The van der Waals surface area contributed by atoms with Crippen molar-refractivity contribution in [3.8, 4) is 0 Å². The van der Waals surface area contributed by atoms with E-state index in [2.05, 4.69) is 48.5 Å². The van der Waals surface area contributed by atoms with Gasteiger partial charge in [-0.05, 0) is 36.7 Å². The molecule has 0 aliphatic carbocycles. The highest BCUT2D eigenvalue weighted by Crippen LogP contribution is 2.13. The minimum absolute atomic E-state index is 0.763. The first-order valence-electron chi connectivity index (χ1n) is 6.16. The fourth-order valence-corrected chi connectivity index (χ4v) is 4.60. The molecule has 0 saturated heterocycles. The first-order chi connectivity index (χ1) is 8.12. The summed E-state index contributed by atoms with van der Waals surface area (Å²) in [6, 6.07) is 8.27. The topological polar surface area (TPSA) is 18.5 Å². The molecule has 0 radical (unpaired) electrons. The molecule has 0 N–H and O–H groups in total. The van der Waals surface area contributed by atoms with Crippen LogP contribution in [-0.2, 0) is 8.85 Å². The summed E-state index contributed by atoms with van der Waals surface area (Å²) < 4.78 is 13.1. The zero-order valence-electron chi connectivity index (χ0n) is 10.8. The zero-order valence-corrected chi connectivity index (χ0v) is 13.4. The summed E-state index contributed by atoms with van der Waals surface area (Å²) in [7, 11) is -2.23. The van der Waals surface area contributed by atoms with Crippen molar-refractivity contribution in [2.45, 2.75) is 33.2 Å². The van der Waals surface area contributed by atoms with Crippen molar-refractivity contribution in [2.75, 3.05) is 13.2 Å². The van der Waals surface area contributed by atoms with Crippen LogP contribution in [-0.4, -0.2) is 21.8 Å². The predicted octanol–water partition coefficient (Wildman–Crippen LogP) is 3.58. The number of hydrogen-bond acceptors (Lipinski definition) is 2. The van der Waals surface area contributed by atoms with Gasteiger partial charge in [-0.15, -0.1) is 0 Å². The Labute approximate surface area is 114 Å². The Hall–Kier alpha value is -0.163. The molecular weight excluding hydrogens is 296 g/mol. The molecule has 0 heterocycles. The fourth-order valence-electron chi connectivity index (χ4n) is 1.57. The second-order valence-corrected chi connectivity index (χ2v) is 8.11. The average molecular weight is 317 g/mol. The van der Waals surface area contributed by atoms with E-state index in [0.717, 1.165) is 30.5 Å². The Bertz CT molecular complexity index is 336. The highest BCUT2D eigenvalue weighted by atomic mass is 79.9. The van der Waals surface area contributed by atoms with Crippen LogP contribution >= 0.6 is 15.9 Å². The Morgan fingerprint density at radius 3 is 2.18 bits per heavy atom. The van der Waals surface area contributed by atoms with Gasteiger partial charge in [-0.2, -0.15) is 0 Å². The second kappa shape index (κ2) is 7.31. The molecule has 0 fully saturated rings. The fraction of sp³-hybridized carbons (Fsp3) is 0.538. The molecule has 2 nitrogen and oxygen atoms in total. The first-order valence-corrected chi connectivity index (χ1v) is 9.27. The van der Waals surface area contributed by atoms with Crippen LogP contribution in [0.4, 0.5) is 0 Å². The van der Waals surface area contributed by atoms with Crippen molar-refractivity contribution in [1.82, 2.24) is 0 Å². The highest BCUT2D eigenvalue weighted by Gasteiger charge is 2.34. The molecule has 1 aromatic carbocycles. The molecule has 0 atom stereocenters. The monoisotopic (exact) mass is 316 g/mol. The van der Waals surface area contributed by atoms with Gasteiger partial charge in [0, 0.05) is 17.7 Å². The van der Waals surface area contributed by atoms with E-state index in [9.17, 15) is 0 Å². The predicted molar refractivity (Wildman–Crippen MR) is 77.9 cm³/mol. The largest absolute Gasteiger partial charge is 0.391 e. The van der Waals surface area contributed by atoms with E-state index in [1.807, 2.05) is 12.1 Å². The van der Waals surface area contributed by atoms with Crippen molar-refractivity contribution in [2.24, 2.45) is 0 Å².